The molecule has 18 heavy (non-hydrogen) atoms. The SMILES string of the molecule is COCCNC(=O)CN(C)C(=O)NCCC(=O)O. The second kappa shape index (κ2) is 9.23. The van der Waals surface area contributed by atoms with Crippen LogP contribution in [0, 0.1) is 0 Å². The van der Waals surface area contributed by atoms with Crippen LogP contribution < -0.4 is 10.6 Å². The van der Waals surface area contributed by atoms with Crippen molar-refractivity contribution in [3.8, 4) is 0 Å². The van der Waals surface area contributed by atoms with Crippen LogP contribution in [-0.2, 0) is 14.3 Å². The van der Waals surface area contributed by atoms with Crippen LogP contribution in [0.2, 0.25) is 0 Å². The maximum Gasteiger partial charge on any atom is 0.317 e. The molecule has 3 amide bonds. The van der Waals surface area contributed by atoms with E-state index in [4.69, 9.17) is 9.84 Å². The number of carboxylic acids is 1. The Bertz CT molecular complexity index is 295. The first-order valence-corrected chi connectivity index (χ1v) is 5.43. The van der Waals surface area contributed by atoms with Gasteiger partial charge >= 0.3 is 12.0 Å². The van der Waals surface area contributed by atoms with Gasteiger partial charge in [-0.1, -0.05) is 0 Å². The lowest BCUT2D eigenvalue weighted by atomic mass is 10.4. The first kappa shape index (κ1) is 16.2. The zero-order valence-electron chi connectivity index (χ0n) is 10.6. The van der Waals surface area contributed by atoms with E-state index in [1.165, 1.54) is 19.1 Å². The van der Waals surface area contributed by atoms with E-state index < -0.39 is 12.0 Å². The molecule has 0 bridgehead atoms. The second-order valence-electron chi connectivity index (χ2n) is 3.57. The van der Waals surface area contributed by atoms with Gasteiger partial charge in [0.15, 0.2) is 0 Å². The zero-order valence-corrected chi connectivity index (χ0v) is 10.6. The minimum absolute atomic E-state index is 0.0315. The molecular formula is C10H19N3O5. The van der Waals surface area contributed by atoms with E-state index in [1.807, 2.05) is 0 Å². The lowest BCUT2D eigenvalue weighted by molar-refractivity contribution is -0.136. The largest absolute Gasteiger partial charge is 0.481 e. The molecule has 0 saturated carbocycles. The number of carboxylic acid groups (broad SMARTS) is 1. The summed E-state index contributed by atoms with van der Waals surface area (Å²) in [4.78, 5) is 34.1. The molecule has 0 aromatic heterocycles. The summed E-state index contributed by atoms with van der Waals surface area (Å²) in [6.45, 7) is 0.719. The second-order valence-corrected chi connectivity index (χ2v) is 3.57. The Morgan fingerprint density at radius 2 is 1.89 bits per heavy atom. The number of hydrogen-bond acceptors (Lipinski definition) is 4. The van der Waals surface area contributed by atoms with Gasteiger partial charge in [-0.3, -0.25) is 9.59 Å². The van der Waals surface area contributed by atoms with Gasteiger partial charge in [-0.2, -0.15) is 0 Å². The van der Waals surface area contributed by atoms with Gasteiger partial charge in [-0.25, -0.2) is 4.79 Å². The van der Waals surface area contributed by atoms with Gasteiger partial charge in [0.1, 0.15) is 6.54 Å². The van der Waals surface area contributed by atoms with E-state index in [2.05, 4.69) is 10.6 Å². The molecule has 8 heteroatoms. The molecule has 0 aromatic rings. The number of aliphatic carboxylic acids is 1. The molecular weight excluding hydrogens is 242 g/mol. The number of nitrogens with one attached hydrogen (secondary N) is 2. The van der Waals surface area contributed by atoms with Gasteiger partial charge in [0.2, 0.25) is 5.91 Å². The van der Waals surface area contributed by atoms with Crippen LogP contribution >= 0.6 is 0 Å². The molecule has 0 heterocycles. The predicted molar refractivity (Wildman–Crippen MR) is 63.2 cm³/mol. The maximum atomic E-state index is 11.4. The Kier molecular flexibility index (Phi) is 8.29. The number of likely N-dealkylation sites (N-methyl/N-ethyl adjacent to an activating group) is 1. The molecule has 0 rings (SSSR count). The molecule has 8 nitrogen and oxygen atoms in total. The summed E-state index contributed by atoms with van der Waals surface area (Å²) in [7, 11) is 2.97. The number of carbonyl (C=O) groups excluding carboxylic acids is 2. The number of nitrogens with zero attached hydrogens (tertiary/aromatic N) is 1. The fourth-order valence-corrected chi connectivity index (χ4v) is 1.05. The van der Waals surface area contributed by atoms with Crippen LogP contribution in [0.15, 0.2) is 0 Å². The fourth-order valence-electron chi connectivity index (χ4n) is 1.05. The van der Waals surface area contributed by atoms with Crippen molar-refractivity contribution in [2.24, 2.45) is 0 Å². The third-order valence-corrected chi connectivity index (χ3v) is 1.97. The van der Waals surface area contributed by atoms with Crippen LogP contribution in [0.1, 0.15) is 6.42 Å². The molecule has 0 aliphatic heterocycles. The highest BCUT2D eigenvalue weighted by Crippen LogP contribution is 1.85. The normalized spacial score (nSPS) is 9.67. The number of methoxy groups -OCH3 is 1. The third-order valence-electron chi connectivity index (χ3n) is 1.97. The third kappa shape index (κ3) is 8.34. The molecule has 3 N–H and O–H groups in total. The Balaban J connectivity index is 3.78. The summed E-state index contributed by atoms with van der Waals surface area (Å²) in [5.41, 5.74) is 0. The summed E-state index contributed by atoms with van der Waals surface area (Å²) in [5, 5.41) is 13.3. The highest BCUT2D eigenvalue weighted by atomic mass is 16.5. The number of urea groups is 1. The van der Waals surface area contributed by atoms with Crippen molar-refractivity contribution in [3.05, 3.63) is 0 Å². The molecule has 104 valence electrons. The Morgan fingerprint density at radius 1 is 1.22 bits per heavy atom. The average Bonchev–Trinajstić information content (AvgIpc) is 2.28. The zero-order chi connectivity index (χ0) is 14.0. The minimum atomic E-state index is -0.990. The number of rotatable bonds is 8. The highest BCUT2D eigenvalue weighted by molar-refractivity contribution is 5.83. The standard InChI is InChI=1S/C10H19N3O5/c1-13(7-8(14)11-5-6-18-2)10(17)12-4-3-9(15)16/h3-7H2,1-2H3,(H,11,14)(H,12,17)(H,15,16). The molecule has 0 fully saturated rings. The van der Waals surface area contributed by atoms with Gasteiger partial charge in [0, 0.05) is 27.2 Å². The number of carbonyl (C=O) groups is 3. The van der Waals surface area contributed by atoms with Crippen LogP contribution in [0.25, 0.3) is 0 Å². The number of hydrogen-bond donors (Lipinski definition) is 3. The van der Waals surface area contributed by atoms with Crippen molar-refractivity contribution in [3.63, 3.8) is 0 Å². The van der Waals surface area contributed by atoms with E-state index in [9.17, 15) is 14.4 Å². The van der Waals surface area contributed by atoms with Crippen LogP contribution in [0.3, 0.4) is 0 Å². The van der Waals surface area contributed by atoms with Crippen molar-refractivity contribution < 1.29 is 24.2 Å². The van der Waals surface area contributed by atoms with Gasteiger partial charge in [0.05, 0.1) is 13.0 Å². The maximum absolute atomic E-state index is 11.4. The van der Waals surface area contributed by atoms with Gasteiger partial charge in [-0.05, 0) is 0 Å². The molecule has 0 unspecified atom stereocenters. The van der Waals surface area contributed by atoms with Gasteiger partial charge in [-0.15, -0.1) is 0 Å². The monoisotopic (exact) mass is 261 g/mol. The first-order chi connectivity index (χ1) is 8.47. The highest BCUT2D eigenvalue weighted by Gasteiger charge is 2.12. The van der Waals surface area contributed by atoms with E-state index in [1.54, 1.807) is 0 Å². The van der Waals surface area contributed by atoms with Crippen molar-refractivity contribution in [1.29, 1.82) is 0 Å². The van der Waals surface area contributed by atoms with Crippen LogP contribution in [-0.4, -0.2) is 68.3 Å². The van der Waals surface area contributed by atoms with E-state index in [0.717, 1.165) is 0 Å². The molecule has 0 radical (unpaired) electrons. The smallest absolute Gasteiger partial charge is 0.317 e. The molecule has 0 saturated heterocycles. The molecule has 0 aliphatic rings. The summed E-state index contributed by atoms with van der Waals surface area (Å²) in [5.74, 6) is -1.29. The van der Waals surface area contributed by atoms with Crippen molar-refractivity contribution in [1.82, 2.24) is 15.5 Å². The molecule has 0 aromatic carbocycles. The van der Waals surface area contributed by atoms with Crippen molar-refractivity contribution in [2.45, 2.75) is 6.42 Å². The lowest BCUT2D eigenvalue weighted by Crippen LogP contribution is -2.44. The van der Waals surface area contributed by atoms with E-state index in [-0.39, 0.29) is 25.4 Å². The summed E-state index contributed by atoms with van der Waals surface area (Å²) < 4.78 is 4.76. The van der Waals surface area contributed by atoms with Gasteiger partial charge < -0.3 is 25.4 Å². The molecule has 0 atom stereocenters. The topological polar surface area (TPSA) is 108 Å². The fraction of sp³-hybridized carbons (Fsp3) is 0.700. The van der Waals surface area contributed by atoms with Crippen LogP contribution in [0.5, 0.6) is 0 Å². The molecule has 0 spiro atoms. The number of ether oxygens (including phenoxy) is 1. The van der Waals surface area contributed by atoms with Crippen LogP contribution in [0.4, 0.5) is 4.79 Å². The average molecular weight is 261 g/mol. The summed E-state index contributed by atoms with van der Waals surface area (Å²) in [6, 6.07) is -0.488. The number of amides is 3. The predicted octanol–water partition coefficient (Wildman–Crippen LogP) is -1.13. The summed E-state index contributed by atoms with van der Waals surface area (Å²) in [6.07, 6.45) is -0.153. The van der Waals surface area contributed by atoms with Gasteiger partial charge in [0.25, 0.3) is 0 Å². The van der Waals surface area contributed by atoms with Crippen molar-refractivity contribution in [2.75, 3.05) is 40.4 Å². The Hall–Kier alpha value is -1.83. The van der Waals surface area contributed by atoms with E-state index >= 15 is 0 Å². The first-order valence-electron chi connectivity index (χ1n) is 5.43. The van der Waals surface area contributed by atoms with Crippen molar-refractivity contribution >= 4 is 17.9 Å². The Labute approximate surface area is 105 Å². The van der Waals surface area contributed by atoms with E-state index in [0.29, 0.717) is 13.2 Å². The lowest BCUT2D eigenvalue weighted by Gasteiger charge is -2.17. The Morgan fingerprint density at radius 3 is 2.44 bits per heavy atom. The quantitative estimate of drug-likeness (QED) is 0.479. The summed E-state index contributed by atoms with van der Waals surface area (Å²) >= 11 is 0. The minimum Gasteiger partial charge on any atom is -0.481 e. The molecule has 0 aliphatic carbocycles.